The number of aromatic nitrogens is 2. The van der Waals surface area contributed by atoms with Crippen LogP contribution < -0.4 is 5.43 Å². The average molecular weight is 323 g/mol. The molecule has 1 N–H and O–H groups in total. The van der Waals surface area contributed by atoms with Gasteiger partial charge < -0.3 is 0 Å². The highest BCUT2D eigenvalue weighted by atomic mass is 35.5. The highest BCUT2D eigenvalue weighted by Gasteiger charge is 2.24. The van der Waals surface area contributed by atoms with Crippen molar-refractivity contribution >= 4 is 23.6 Å². The first-order chi connectivity index (χ1) is 9.93. The summed E-state index contributed by atoms with van der Waals surface area (Å²) in [7, 11) is 0. The van der Waals surface area contributed by atoms with Crippen LogP contribution in [-0.4, -0.2) is 16.2 Å². The van der Waals surface area contributed by atoms with E-state index in [1.807, 2.05) is 0 Å². The highest BCUT2D eigenvalue weighted by molar-refractivity contribution is 6.31. The molecule has 0 aliphatic rings. The molecule has 2 rings (SSSR count). The Kier molecular flexibility index (Phi) is 4.32. The summed E-state index contributed by atoms with van der Waals surface area (Å²) < 4.78 is 65.3. The third-order valence-electron chi connectivity index (χ3n) is 2.26. The van der Waals surface area contributed by atoms with Crippen molar-refractivity contribution in [2.45, 2.75) is 0 Å². The zero-order chi connectivity index (χ0) is 15.6. The Morgan fingerprint density at radius 1 is 0.905 bits per heavy atom. The zero-order valence-electron chi connectivity index (χ0n) is 9.84. The van der Waals surface area contributed by atoms with Crippen molar-refractivity contribution in [3.05, 3.63) is 52.2 Å². The van der Waals surface area contributed by atoms with E-state index < -0.39 is 34.6 Å². The number of hydrogen-bond donors (Lipinski definition) is 1. The number of nitrogens with one attached hydrogen (secondary N) is 1. The first kappa shape index (κ1) is 15.1. The topological polar surface area (TPSA) is 50.2 Å². The Labute approximate surface area is 119 Å². The fourth-order valence-electron chi connectivity index (χ4n) is 1.29. The highest BCUT2D eigenvalue weighted by Crippen LogP contribution is 2.22. The Bertz CT molecular complexity index is 693. The van der Waals surface area contributed by atoms with Gasteiger partial charge in [0.15, 0.2) is 34.2 Å². The van der Waals surface area contributed by atoms with E-state index in [0.717, 1.165) is 0 Å². The van der Waals surface area contributed by atoms with E-state index in [-0.39, 0.29) is 11.0 Å². The number of hydrazone groups is 1. The molecular weight excluding hydrogens is 319 g/mol. The first-order valence-electron chi connectivity index (χ1n) is 5.20. The lowest BCUT2D eigenvalue weighted by molar-refractivity contribution is 0.377. The molecular formula is C11H4ClF5N4. The molecule has 1 aromatic carbocycles. The molecule has 0 aliphatic heterocycles. The fourth-order valence-corrected chi connectivity index (χ4v) is 1.44. The zero-order valence-corrected chi connectivity index (χ0v) is 10.6. The third-order valence-corrected chi connectivity index (χ3v) is 2.54. The van der Waals surface area contributed by atoms with Gasteiger partial charge in [0.05, 0.1) is 11.8 Å². The summed E-state index contributed by atoms with van der Waals surface area (Å²) in [5, 5.41) is 3.22. The summed E-state index contributed by atoms with van der Waals surface area (Å²) >= 11 is 5.61. The van der Waals surface area contributed by atoms with Crippen LogP contribution in [-0.2, 0) is 0 Å². The van der Waals surface area contributed by atoms with Gasteiger partial charge in [-0.1, -0.05) is 11.6 Å². The van der Waals surface area contributed by atoms with Gasteiger partial charge in [-0.25, -0.2) is 31.9 Å². The van der Waals surface area contributed by atoms with Crippen LogP contribution in [0.25, 0.3) is 0 Å². The summed E-state index contributed by atoms with van der Waals surface area (Å²) in [6.07, 6.45) is 2.95. The second-order valence-electron chi connectivity index (χ2n) is 3.55. The van der Waals surface area contributed by atoms with Crippen LogP contribution in [0.1, 0.15) is 5.56 Å². The second kappa shape index (κ2) is 6.00. The molecule has 4 nitrogen and oxygen atoms in total. The Hall–Kier alpha value is -2.29. The lowest BCUT2D eigenvalue weighted by Gasteiger charge is -2.04. The standard InChI is InChI=1S/C11H4ClF5N4/c12-10-11(19-2-1-18-10)21-20-3-4-5(13)7(15)9(17)8(16)6(4)14/h1-3H,(H,19,21)/b20-3+. The fraction of sp³-hybridized carbons (Fsp3) is 0. The maximum absolute atomic E-state index is 13.3. The van der Waals surface area contributed by atoms with E-state index in [2.05, 4.69) is 20.5 Å². The van der Waals surface area contributed by atoms with Gasteiger partial charge in [0.25, 0.3) is 0 Å². The molecule has 0 radical (unpaired) electrons. The number of rotatable bonds is 3. The van der Waals surface area contributed by atoms with Gasteiger partial charge >= 0.3 is 0 Å². The van der Waals surface area contributed by atoms with Crippen LogP contribution in [0.5, 0.6) is 0 Å². The van der Waals surface area contributed by atoms with Crippen LogP contribution in [0, 0.1) is 29.1 Å². The van der Waals surface area contributed by atoms with Gasteiger partial charge in [0.1, 0.15) is 0 Å². The molecule has 0 fully saturated rings. The van der Waals surface area contributed by atoms with Crippen molar-refractivity contribution in [1.29, 1.82) is 0 Å². The van der Waals surface area contributed by atoms with E-state index in [1.54, 1.807) is 0 Å². The molecule has 1 aromatic heterocycles. The van der Waals surface area contributed by atoms with E-state index in [0.29, 0.717) is 6.21 Å². The summed E-state index contributed by atoms with van der Waals surface area (Å²) in [6.45, 7) is 0. The monoisotopic (exact) mass is 322 g/mol. The molecule has 0 saturated heterocycles. The maximum Gasteiger partial charge on any atom is 0.200 e. The maximum atomic E-state index is 13.3. The normalized spacial score (nSPS) is 11.1. The van der Waals surface area contributed by atoms with Crippen LogP contribution in [0.4, 0.5) is 27.8 Å². The van der Waals surface area contributed by atoms with Gasteiger partial charge in [0.2, 0.25) is 5.82 Å². The Morgan fingerprint density at radius 3 is 2.00 bits per heavy atom. The summed E-state index contributed by atoms with van der Waals surface area (Å²) in [5.74, 6) is -10.4. The second-order valence-corrected chi connectivity index (χ2v) is 3.91. The van der Waals surface area contributed by atoms with Gasteiger partial charge in [-0.2, -0.15) is 5.10 Å². The van der Waals surface area contributed by atoms with Crippen molar-refractivity contribution in [2.75, 3.05) is 5.43 Å². The molecule has 0 bridgehead atoms. The van der Waals surface area contributed by atoms with Crippen LogP contribution in [0.3, 0.4) is 0 Å². The molecule has 21 heavy (non-hydrogen) atoms. The molecule has 2 aromatic rings. The molecule has 110 valence electrons. The average Bonchev–Trinajstić information content (AvgIpc) is 2.48. The molecule has 0 unspecified atom stereocenters. The van der Waals surface area contributed by atoms with Gasteiger partial charge in [-0.15, -0.1) is 0 Å². The number of benzene rings is 1. The lowest BCUT2D eigenvalue weighted by atomic mass is 10.2. The van der Waals surface area contributed by atoms with Crippen LogP contribution in [0.2, 0.25) is 5.15 Å². The number of hydrogen-bond acceptors (Lipinski definition) is 4. The van der Waals surface area contributed by atoms with Gasteiger partial charge in [-0.05, 0) is 0 Å². The Balaban J connectivity index is 2.32. The smallest absolute Gasteiger partial charge is 0.200 e. The SMILES string of the molecule is Fc1c(F)c(F)c(/C=N/Nc2nccnc2Cl)c(F)c1F. The molecule has 0 amide bonds. The van der Waals surface area contributed by atoms with Crippen LogP contribution in [0.15, 0.2) is 17.5 Å². The predicted octanol–water partition coefficient (Wildman–Crippen LogP) is 3.27. The number of nitrogens with zero attached hydrogens (tertiary/aromatic N) is 3. The largest absolute Gasteiger partial charge is 0.259 e. The lowest BCUT2D eigenvalue weighted by Crippen LogP contribution is -2.07. The molecule has 0 aliphatic carbocycles. The summed E-state index contributed by atoms with van der Waals surface area (Å²) in [5.41, 5.74) is 0.966. The summed E-state index contributed by atoms with van der Waals surface area (Å²) in [6, 6.07) is 0. The minimum absolute atomic E-state index is 0.0562. The van der Waals surface area contributed by atoms with Gasteiger partial charge in [-0.3, -0.25) is 5.43 Å². The van der Waals surface area contributed by atoms with Crippen molar-refractivity contribution in [2.24, 2.45) is 5.10 Å². The third kappa shape index (κ3) is 2.92. The quantitative estimate of drug-likeness (QED) is 0.310. The molecule has 0 spiro atoms. The van der Waals surface area contributed by atoms with Gasteiger partial charge in [0, 0.05) is 12.4 Å². The summed E-state index contributed by atoms with van der Waals surface area (Å²) in [4.78, 5) is 7.32. The van der Waals surface area contributed by atoms with E-state index in [9.17, 15) is 22.0 Å². The van der Waals surface area contributed by atoms with Crippen molar-refractivity contribution in [3.63, 3.8) is 0 Å². The van der Waals surface area contributed by atoms with Crippen molar-refractivity contribution in [3.8, 4) is 0 Å². The van der Waals surface area contributed by atoms with E-state index in [1.165, 1.54) is 12.4 Å². The van der Waals surface area contributed by atoms with Crippen LogP contribution >= 0.6 is 11.6 Å². The van der Waals surface area contributed by atoms with E-state index in [4.69, 9.17) is 11.6 Å². The number of anilines is 1. The minimum Gasteiger partial charge on any atom is -0.259 e. The minimum atomic E-state index is -2.24. The van der Waals surface area contributed by atoms with Crippen molar-refractivity contribution < 1.29 is 22.0 Å². The molecule has 0 saturated carbocycles. The molecule has 1 heterocycles. The molecule has 10 heteroatoms. The Morgan fingerprint density at radius 2 is 1.43 bits per heavy atom. The first-order valence-corrected chi connectivity index (χ1v) is 5.58. The van der Waals surface area contributed by atoms with Crippen molar-refractivity contribution in [1.82, 2.24) is 9.97 Å². The van der Waals surface area contributed by atoms with E-state index >= 15 is 0 Å². The molecule has 0 atom stereocenters. The predicted molar refractivity (Wildman–Crippen MR) is 64.5 cm³/mol. The number of halogens is 6.